The third-order valence-corrected chi connectivity index (χ3v) is 6.44. The van der Waals surface area contributed by atoms with Gasteiger partial charge in [0.1, 0.15) is 11.7 Å². The first-order valence-electron chi connectivity index (χ1n) is 9.23. The van der Waals surface area contributed by atoms with Crippen molar-refractivity contribution in [2.75, 3.05) is 19.7 Å². The zero-order valence-electron chi connectivity index (χ0n) is 15.7. The van der Waals surface area contributed by atoms with Crippen molar-refractivity contribution in [2.24, 2.45) is 17.8 Å². The fourth-order valence-corrected chi connectivity index (χ4v) is 4.74. The Hall–Kier alpha value is -1.22. The Morgan fingerprint density at radius 3 is 2.50 bits per heavy atom. The maximum absolute atomic E-state index is 12.9. The molecule has 3 rings (SSSR count). The maximum Gasteiger partial charge on any atom is 0.340 e. The predicted octanol–water partition coefficient (Wildman–Crippen LogP) is -0.706. The first-order chi connectivity index (χ1) is 12.0. The van der Waals surface area contributed by atoms with E-state index in [2.05, 4.69) is 0 Å². The Kier molecular flexibility index (Phi) is 4.84. The highest BCUT2D eigenvalue weighted by Crippen LogP contribution is 2.40. The molecule has 0 radical (unpaired) electrons. The summed E-state index contributed by atoms with van der Waals surface area (Å²) >= 11 is 0. The second-order valence-corrected chi connectivity index (χ2v) is 8.52. The van der Waals surface area contributed by atoms with Gasteiger partial charge in [-0.2, -0.15) is 0 Å². The summed E-state index contributed by atoms with van der Waals surface area (Å²) in [4.78, 5) is 27.5. The molecule has 3 fully saturated rings. The van der Waals surface area contributed by atoms with Crippen molar-refractivity contribution in [3.05, 3.63) is 0 Å². The van der Waals surface area contributed by atoms with Crippen LogP contribution in [-0.4, -0.2) is 81.3 Å². The van der Waals surface area contributed by atoms with Crippen LogP contribution in [0.15, 0.2) is 0 Å². The number of aliphatic hydroxyl groups is 3. The van der Waals surface area contributed by atoms with Crippen LogP contribution in [0.1, 0.15) is 34.1 Å². The molecule has 8 heteroatoms. The average Bonchev–Trinajstić information content (AvgIpc) is 3.02. The second-order valence-electron chi connectivity index (χ2n) is 8.52. The molecule has 0 aromatic carbocycles. The highest BCUT2D eigenvalue weighted by molar-refractivity contribution is 5.83. The fraction of sp³-hybridized carbons (Fsp3) is 0.889. The standard InChI is InChI=1S/C18H29NO7/c1-9(2)13-15(21)26-12-5-6-19-7-11(20)10(14(12)19)8-25-16(22)18(4,24)17(13,3)23/h9-14,20,23-24H,5-8H2,1-4H3/t10-,11+,12-,13+,14-,17-,18+/m1/s1. The summed E-state index contributed by atoms with van der Waals surface area (Å²) in [6.45, 7) is 6.87. The van der Waals surface area contributed by atoms with Gasteiger partial charge in [-0.3, -0.25) is 9.69 Å². The third-order valence-electron chi connectivity index (χ3n) is 6.44. The van der Waals surface area contributed by atoms with Crippen LogP contribution in [-0.2, 0) is 19.1 Å². The molecule has 3 N–H and O–H groups in total. The maximum atomic E-state index is 12.9. The van der Waals surface area contributed by atoms with Crippen molar-refractivity contribution in [2.45, 2.75) is 63.6 Å². The number of cyclic esters (lactones) is 1. The van der Waals surface area contributed by atoms with Gasteiger partial charge in [0.25, 0.3) is 0 Å². The smallest absolute Gasteiger partial charge is 0.340 e. The van der Waals surface area contributed by atoms with Crippen LogP contribution in [0, 0.1) is 17.8 Å². The van der Waals surface area contributed by atoms with E-state index >= 15 is 0 Å². The van der Waals surface area contributed by atoms with Crippen LogP contribution in [0.25, 0.3) is 0 Å². The molecule has 3 saturated heterocycles. The quantitative estimate of drug-likeness (QED) is 0.518. The molecule has 3 heterocycles. The van der Waals surface area contributed by atoms with Gasteiger partial charge in [-0.25, -0.2) is 4.79 Å². The number of esters is 2. The lowest BCUT2D eigenvalue weighted by atomic mass is 9.71. The van der Waals surface area contributed by atoms with E-state index in [1.807, 2.05) is 4.90 Å². The topological polar surface area (TPSA) is 117 Å². The molecule has 3 aliphatic heterocycles. The van der Waals surface area contributed by atoms with Gasteiger partial charge in [-0.05, 0) is 26.2 Å². The summed E-state index contributed by atoms with van der Waals surface area (Å²) < 4.78 is 11.0. The van der Waals surface area contributed by atoms with E-state index in [9.17, 15) is 24.9 Å². The van der Waals surface area contributed by atoms with Crippen molar-refractivity contribution < 1.29 is 34.4 Å². The number of carbonyl (C=O) groups is 2. The lowest BCUT2D eigenvalue weighted by Crippen LogP contribution is -2.63. The van der Waals surface area contributed by atoms with Crippen LogP contribution >= 0.6 is 0 Å². The van der Waals surface area contributed by atoms with Crippen LogP contribution in [0.3, 0.4) is 0 Å². The summed E-state index contributed by atoms with van der Waals surface area (Å²) in [5.41, 5.74) is -4.38. The zero-order chi connectivity index (χ0) is 19.4. The number of rotatable bonds is 1. The van der Waals surface area contributed by atoms with Crippen LogP contribution < -0.4 is 0 Å². The van der Waals surface area contributed by atoms with Gasteiger partial charge < -0.3 is 24.8 Å². The normalized spacial score (nSPS) is 47.3. The second kappa shape index (κ2) is 6.44. The van der Waals surface area contributed by atoms with Gasteiger partial charge in [0, 0.05) is 19.0 Å². The zero-order valence-corrected chi connectivity index (χ0v) is 15.7. The number of hydrogen-bond acceptors (Lipinski definition) is 8. The highest BCUT2D eigenvalue weighted by atomic mass is 16.6. The first-order valence-corrected chi connectivity index (χ1v) is 9.23. The van der Waals surface area contributed by atoms with Gasteiger partial charge in [-0.1, -0.05) is 13.8 Å². The molecule has 7 atom stereocenters. The number of carbonyl (C=O) groups excluding carboxylic acids is 2. The molecule has 0 aliphatic carbocycles. The van der Waals surface area contributed by atoms with E-state index in [-0.39, 0.29) is 18.6 Å². The molecule has 0 saturated carbocycles. The summed E-state index contributed by atoms with van der Waals surface area (Å²) in [7, 11) is 0. The molecule has 0 bridgehead atoms. The van der Waals surface area contributed by atoms with E-state index in [1.165, 1.54) is 6.92 Å². The minimum absolute atomic E-state index is 0.103. The van der Waals surface area contributed by atoms with Crippen LogP contribution in [0.4, 0.5) is 0 Å². The molecule has 8 nitrogen and oxygen atoms in total. The van der Waals surface area contributed by atoms with E-state index < -0.39 is 47.2 Å². The number of aliphatic hydroxyl groups excluding tert-OH is 1. The Morgan fingerprint density at radius 2 is 1.88 bits per heavy atom. The molecule has 148 valence electrons. The molecule has 26 heavy (non-hydrogen) atoms. The van der Waals surface area contributed by atoms with Gasteiger partial charge in [-0.15, -0.1) is 0 Å². The van der Waals surface area contributed by atoms with E-state index in [4.69, 9.17) is 9.47 Å². The number of hydrogen-bond donors (Lipinski definition) is 3. The predicted molar refractivity (Wildman–Crippen MR) is 89.9 cm³/mol. The van der Waals surface area contributed by atoms with Gasteiger partial charge >= 0.3 is 11.9 Å². The SMILES string of the molecule is CC(C)[C@H]1C(=O)O[C@@H]2CCN3C[C@H](O)[C@@H](COC(=O)[C@](C)(O)[C@]1(C)O)[C@H]23. The number of ether oxygens (including phenoxy) is 2. The van der Waals surface area contributed by atoms with Crippen molar-refractivity contribution in [1.29, 1.82) is 0 Å². The largest absolute Gasteiger partial charge is 0.463 e. The Bertz CT molecular complexity index is 588. The molecule has 0 unspecified atom stereocenters. The lowest BCUT2D eigenvalue weighted by molar-refractivity contribution is -0.211. The Labute approximate surface area is 153 Å². The third kappa shape index (κ3) is 2.83. The first kappa shape index (κ1) is 19.5. The molecule has 3 aliphatic rings. The Morgan fingerprint density at radius 1 is 1.23 bits per heavy atom. The summed E-state index contributed by atoms with van der Waals surface area (Å²) in [5.74, 6) is -3.55. The van der Waals surface area contributed by atoms with Gasteiger partial charge in [0.2, 0.25) is 0 Å². The highest BCUT2D eigenvalue weighted by Gasteiger charge is 2.59. The van der Waals surface area contributed by atoms with Gasteiger partial charge in [0.05, 0.1) is 24.7 Å². The number of nitrogens with zero attached hydrogens (tertiary/aromatic N) is 1. The molecule has 0 amide bonds. The lowest BCUT2D eigenvalue weighted by Gasteiger charge is -2.42. The molecule has 0 spiro atoms. The van der Waals surface area contributed by atoms with Crippen molar-refractivity contribution in [3.8, 4) is 0 Å². The fourth-order valence-electron chi connectivity index (χ4n) is 4.74. The molecule has 0 aromatic rings. The summed E-state index contributed by atoms with van der Waals surface area (Å²) in [6.07, 6.45) is -0.526. The van der Waals surface area contributed by atoms with Crippen LogP contribution in [0.2, 0.25) is 0 Å². The van der Waals surface area contributed by atoms with Gasteiger partial charge in [0.15, 0.2) is 5.60 Å². The van der Waals surface area contributed by atoms with Crippen molar-refractivity contribution >= 4 is 11.9 Å². The van der Waals surface area contributed by atoms with E-state index in [0.717, 1.165) is 6.92 Å². The van der Waals surface area contributed by atoms with Crippen LogP contribution in [0.5, 0.6) is 0 Å². The van der Waals surface area contributed by atoms with Crippen molar-refractivity contribution in [3.63, 3.8) is 0 Å². The minimum Gasteiger partial charge on any atom is -0.463 e. The monoisotopic (exact) mass is 371 g/mol. The van der Waals surface area contributed by atoms with E-state index in [1.54, 1.807) is 13.8 Å². The minimum atomic E-state index is -2.30. The Balaban J connectivity index is 2.01. The average molecular weight is 371 g/mol. The van der Waals surface area contributed by atoms with Crippen molar-refractivity contribution in [1.82, 2.24) is 4.90 Å². The molecule has 0 aromatic heterocycles. The summed E-state index contributed by atoms with van der Waals surface area (Å²) in [6, 6.07) is -0.234. The molecular weight excluding hydrogens is 342 g/mol. The van der Waals surface area contributed by atoms with E-state index in [0.29, 0.717) is 19.5 Å². The summed E-state index contributed by atoms with van der Waals surface area (Å²) in [5, 5.41) is 32.1. The molecular formula is C18H29NO7.